The zero-order valence-electron chi connectivity index (χ0n) is 26.4. The fourth-order valence-corrected chi connectivity index (χ4v) is 8.26. The van der Waals surface area contributed by atoms with Gasteiger partial charge in [-0.05, 0) is 57.3 Å². The summed E-state index contributed by atoms with van der Waals surface area (Å²) in [5.41, 5.74) is 14.2. The van der Waals surface area contributed by atoms with E-state index in [2.05, 4.69) is 156 Å². The van der Waals surface area contributed by atoms with E-state index in [1.807, 2.05) is 12.1 Å². The van der Waals surface area contributed by atoms with Crippen LogP contribution < -0.4 is 0 Å². The van der Waals surface area contributed by atoms with Crippen LogP contribution in [0.3, 0.4) is 0 Å². The Balaban J connectivity index is 1.29. The maximum atomic E-state index is 5.36. The minimum absolute atomic E-state index is 0.866. The molecule has 0 spiro atoms. The van der Waals surface area contributed by atoms with Gasteiger partial charge in [-0.25, -0.2) is 9.97 Å². The first kappa shape index (κ1) is 26.5. The van der Waals surface area contributed by atoms with E-state index >= 15 is 0 Å². The van der Waals surface area contributed by atoms with Crippen LogP contribution >= 0.6 is 0 Å². The summed E-state index contributed by atoms with van der Waals surface area (Å²) in [7, 11) is 0. The zero-order valence-corrected chi connectivity index (χ0v) is 26.4. The van der Waals surface area contributed by atoms with E-state index in [1.54, 1.807) is 0 Å². The number of hydrogen-bond acceptors (Lipinski definition) is 2. The Morgan fingerprint density at radius 1 is 0.367 bits per heavy atom. The third-order valence-corrected chi connectivity index (χ3v) is 10.3. The van der Waals surface area contributed by atoms with E-state index in [-0.39, 0.29) is 0 Å². The first-order chi connectivity index (χ1) is 24.3. The number of aromatic nitrogens is 3. The predicted octanol–water partition coefficient (Wildman–Crippen LogP) is 12.0. The Kier molecular flexibility index (Phi) is 5.38. The van der Waals surface area contributed by atoms with Gasteiger partial charge >= 0.3 is 0 Å². The minimum atomic E-state index is 0.866. The van der Waals surface area contributed by atoms with Crippen LogP contribution in [-0.4, -0.2) is 14.5 Å². The molecular formula is C46H27N3. The van der Waals surface area contributed by atoms with Crippen molar-refractivity contribution < 1.29 is 0 Å². The molecule has 8 aromatic carbocycles. The van der Waals surface area contributed by atoms with Crippen molar-refractivity contribution in [3.63, 3.8) is 0 Å². The van der Waals surface area contributed by atoms with Gasteiger partial charge in [-0.15, -0.1) is 0 Å². The normalized spacial score (nSPS) is 12.1. The van der Waals surface area contributed by atoms with Crippen molar-refractivity contribution in [1.82, 2.24) is 14.5 Å². The van der Waals surface area contributed by atoms with Crippen LogP contribution in [0.4, 0.5) is 0 Å². The largest absolute Gasteiger partial charge is 0.308 e. The number of benzene rings is 8. The molecule has 1 aliphatic rings. The lowest BCUT2D eigenvalue weighted by Crippen LogP contribution is -1.99. The van der Waals surface area contributed by atoms with Crippen LogP contribution in [0.1, 0.15) is 0 Å². The zero-order chi connectivity index (χ0) is 32.1. The van der Waals surface area contributed by atoms with Crippen molar-refractivity contribution in [3.05, 3.63) is 164 Å². The average molecular weight is 622 g/mol. The molecule has 1 aliphatic carbocycles. The van der Waals surface area contributed by atoms with Gasteiger partial charge in [0.05, 0.1) is 33.5 Å². The molecule has 0 radical (unpaired) electrons. The minimum Gasteiger partial charge on any atom is -0.308 e. The molecule has 11 rings (SSSR count). The molecule has 0 saturated heterocycles. The average Bonchev–Trinajstić information content (AvgIpc) is 3.47. The number of rotatable bonds is 3. The van der Waals surface area contributed by atoms with Crippen LogP contribution in [0, 0.1) is 0 Å². The van der Waals surface area contributed by atoms with Crippen molar-refractivity contribution in [2.75, 3.05) is 0 Å². The second kappa shape index (κ2) is 9.96. The van der Waals surface area contributed by atoms with Crippen LogP contribution in [0.25, 0.3) is 105 Å². The molecule has 49 heavy (non-hydrogen) atoms. The van der Waals surface area contributed by atoms with E-state index in [9.17, 15) is 0 Å². The summed E-state index contributed by atoms with van der Waals surface area (Å²) in [6.07, 6.45) is 0. The van der Waals surface area contributed by atoms with E-state index < -0.39 is 0 Å². The van der Waals surface area contributed by atoms with Gasteiger partial charge in [0.25, 0.3) is 0 Å². The summed E-state index contributed by atoms with van der Waals surface area (Å²) >= 11 is 0. The Hall–Kier alpha value is -6.58. The van der Waals surface area contributed by atoms with Gasteiger partial charge in [0, 0.05) is 38.4 Å². The van der Waals surface area contributed by atoms with Crippen molar-refractivity contribution in [2.24, 2.45) is 0 Å². The molecule has 226 valence electrons. The molecule has 0 aliphatic heterocycles. The topological polar surface area (TPSA) is 30.7 Å². The summed E-state index contributed by atoms with van der Waals surface area (Å²) in [5.74, 6) is 0. The molecule has 0 N–H and O–H groups in total. The number of nitrogens with zero attached hydrogens (tertiary/aromatic N) is 3. The Morgan fingerprint density at radius 2 is 0.918 bits per heavy atom. The molecule has 0 bridgehead atoms. The maximum absolute atomic E-state index is 5.36. The smallest absolute Gasteiger partial charge is 0.0973 e. The third kappa shape index (κ3) is 3.67. The van der Waals surface area contributed by atoms with Crippen molar-refractivity contribution in [3.8, 4) is 50.5 Å². The summed E-state index contributed by atoms with van der Waals surface area (Å²) < 4.78 is 2.47. The van der Waals surface area contributed by atoms with Gasteiger partial charge in [-0.3, -0.25) is 0 Å². The Labute approximate surface area is 282 Å². The summed E-state index contributed by atoms with van der Waals surface area (Å²) in [5, 5.41) is 7.71. The van der Waals surface area contributed by atoms with Crippen LogP contribution in [0.15, 0.2) is 164 Å². The second-order valence-corrected chi connectivity index (χ2v) is 12.9. The van der Waals surface area contributed by atoms with Crippen LogP contribution in [-0.2, 0) is 0 Å². The van der Waals surface area contributed by atoms with E-state index in [4.69, 9.17) is 9.97 Å². The summed E-state index contributed by atoms with van der Waals surface area (Å²) in [4.78, 5) is 10.6. The lowest BCUT2D eigenvalue weighted by atomic mass is 9.91. The Bertz CT molecular complexity index is 2970. The predicted molar refractivity (Wildman–Crippen MR) is 204 cm³/mol. The highest BCUT2D eigenvalue weighted by Gasteiger charge is 2.26. The molecule has 2 aromatic heterocycles. The van der Waals surface area contributed by atoms with Gasteiger partial charge in [0.1, 0.15) is 0 Å². The third-order valence-electron chi connectivity index (χ3n) is 10.3. The van der Waals surface area contributed by atoms with Crippen molar-refractivity contribution in [2.45, 2.75) is 0 Å². The molecule has 3 nitrogen and oxygen atoms in total. The molecular weight excluding hydrogens is 595 g/mol. The maximum Gasteiger partial charge on any atom is 0.0973 e. The van der Waals surface area contributed by atoms with E-state index in [0.717, 1.165) is 39.2 Å². The second-order valence-electron chi connectivity index (χ2n) is 12.9. The monoisotopic (exact) mass is 621 g/mol. The van der Waals surface area contributed by atoms with Gasteiger partial charge in [-0.1, -0.05) is 140 Å². The van der Waals surface area contributed by atoms with E-state index in [0.29, 0.717) is 0 Å². The molecule has 0 atom stereocenters. The standard InChI is InChI=1S/C46H27N3/c1-3-13-28(14-4-1)44-45(29-15-5-2-6-16-29)48-39-27-30(25-26-38(39)47-44)49-40-24-12-23-36-32-18-8-7-17-31(32)34-21-11-22-35-33-19-9-10-20-37(33)46(49)43(41(34)35)42(36)40/h1-27H. The quantitative estimate of drug-likeness (QED) is 0.184. The van der Waals surface area contributed by atoms with Gasteiger partial charge in [0.15, 0.2) is 0 Å². The van der Waals surface area contributed by atoms with Crippen molar-refractivity contribution in [1.29, 1.82) is 0 Å². The van der Waals surface area contributed by atoms with Crippen molar-refractivity contribution >= 4 is 54.4 Å². The molecule has 0 fully saturated rings. The van der Waals surface area contributed by atoms with Gasteiger partial charge in [-0.2, -0.15) is 0 Å². The molecule has 3 heteroatoms. The molecule has 2 heterocycles. The Morgan fingerprint density at radius 3 is 1.63 bits per heavy atom. The highest BCUT2D eigenvalue weighted by Crippen LogP contribution is 2.52. The lowest BCUT2D eigenvalue weighted by Gasteiger charge is -2.16. The summed E-state index contributed by atoms with van der Waals surface area (Å²) in [6.45, 7) is 0. The molecule has 0 unspecified atom stereocenters. The van der Waals surface area contributed by atoms with E-state index in [1.165, 1.54) is 65.6 Å². The molecule has 0 amide bonds. The number of hydrogen-bond donors (Lipinski definition) is 0. The lowest BCUT2D eigenvalue weighted by molar-refractivity contribution is 1.18. The fraction of sp³-hybridized carbons (Fsp3) is 0. The first-order valence-electron chi connectivity index (χ1n) is 16.8. The molecule has 0 saturated carbocycles. The van der Waals surface area contributed by atoms with Gasteiger partial charge < -0.3 is 4.57 Å². The first-order valence-corrected chi connectivity index (χ1v) is 16.8. The van der Waals surface area contributed by atoms with Gasteiger partial charge in [0.2, 0.25) is 0 Å². The van der Waals surface area contributed by atoms with Crippen LogP contribution in [0.2, 0.25) is 0 Å². The van der Waals surface area contributed by atoms with Crippen LogP contribution in [0.5, 0.6) is 0 Å². The highest BCUT2D eigenvalue weighted by atomic mass is 15.0. The number of fused-ring (bicyclic) bond motifs is 7. The highest BCUT2D eigenvalue weighted by molar-refractivity contribution is 6.37. The fourth-order valence-electron chi connectivity index (χ4n) is 8.26. The summed E-state index contributed by atoms with van der Waals surface area (Å²) in [6, 6.07) is 58.7. The SMILES string of the molecule is c1ccc(-c2nc3ccc(-n4c5cccc6c5c5c7c(cccc7c7ccccc7c54)-c4ccccc4-6)cc3nc2-c2ccccc2)cc1. The molecule has 10 aromatic rings.